The van der Waals surface area contributed by atoms with Gasteiger partial charge in [0.15, 0.2) is 0 Å². The van der Waals surface area contributed by atoms with Gasteiger partial charge in [-0.1, -0.05) is 5.46 Å². The second kappa shape index (κ2) is 5.91. The van der Waals surface area contributed by atoms with Crippen LogP contribution < -0.4 is 10.2 Å². The monoisotopic (exact) mass is 248 g/mol. The largest absolute Gasteiger partial charge is 0.511 e. The molecule has 0 radical (unpaired) electrons. The minimum Gasteiger partial charge on any atom is -0.489 e. The fraction of sp³-hybridized carbons (Fsp3) is 0.500. The van der Waals surface area contributed by atoms with Crippen LogP contribution in [0.25, 0.3) is 0 Å². The zero-order valence-electron chi connectivity index (χ0n) is 9.70. The van der Waals surface area contributed by atoms with E-state index in [9.17, 15) is 12.9 Å². The van der Waals surface area contributed by atoms with Gasteiger partial charge in [0.1, 0.15) is 5.75 Å². The predicted molar refractivity (Wildman–Crippen MR) is 59.5 cm³/mol. The summed E-state index contributed by atoms with van der Waals surface area (Å²) >= 11 is 0. The van der Waals surface area contributed by atoms with Gasteiger partial charge in [0.25, 0.3) is 0 Å². The van der Waals surface area contributed by atoms with Crippen LogP contribution in [0.15, 0.2) is 18.5 Å². The lowest BCUT2D eigenvalue weighted by atomic mass is 9.81. The van der Waals surface area contributed by atoms with Gasteiger partial charge in [-0.2, -0.15) is 0 Å². The number of ether oxygens (including phenoxy) is 2. The summed E-state index contributed by atoms with van der Waals surface area (Å²) in [6.45, 7) is -2.77. The van der Waals surface area contributed by atoms with Crippen molar-refractivity contribution in [2.45, 2.75) is 19.4 Å². The molecule has 0 aliphatic rings. The van der Waals surface area contributed by atoms with Gasteiger partial charge in [-0.05, 0) is 13.0 Å². The van der Waals surface area contributed by atoms with Gasteiger partial charge in [-0.15, -0.1) is 0 Å². The normalized spacial score (nSPS) is 13.5. The smallest absolute Gasteiger partial charge is 0.489 e. The van der Waals surface area contributed by atoms with Crippen LogP contribution in [0.4, 0.5) is 12.9 Å². The second-order valence-electron chi connectivity index (χ2n) is 3.74. The molecule has 0 aliphatic carbocycles. The molecular weight excluding hydrogens is 234 g/mol. The zero-order valence-corrected chi connectivity index (χ0v) is 9.70. The van der Waals surface area contributed by atoms with E-state index in [1.54, 1.807) is 14.0 Å². The molecule has 0 amide bonds. The van der Waals surface area contributed by atoms with Crippen LogP contribution in [-0.2, 0) is 4.74 Å². The number of methoxy groups -OCH3 is 1. The summed E-state index contributed by atoms with van der Waals surface area (Å²) in [6, 6.07) is 0.969. The maximum atomic E-state index is 12.5. The van der Waals surface area contributed by atoms with E-state index in [2.05, 4.69) is 4.98 Å². The van der Waals surface area contributed by atoms with Crippen LogP contribution >= 0.6 is 0 Å². The zero-order chi connectivity index (χ0) is 12.9. The van der Waals surface area contributed by atoms with Gasteiger partial charge >= 0.3 is 6.98 Å². The molecule has 1 unspecified atom stereocenters. The van der Waals surface area contributed by atoms with E-state index < -0.39 is 12.4 Å². The molecule has 1 aromatic heterocycles. The highest BCUT2D eigenvalue weighted by atomic mass is 19.4. The van der Waals surface area contributed by atoms with Gasteiger partial charge in [0, 0.05) is 26.3 Å². The molecule has 1 rings (SSSR count). The quantitative estimate of drug-likeness (QED) is 0.721. The SMILES string of the molecule is COCCC(C)Oc1cncc([B-](F)(F)F)c1. The van der Waals surface area contributed by atoms with Crippen molar-refractivity contribution in [3.05, 3.63) is 18.5 Å². The van der Waals surface area contributed by atoms with E-state index in [-0.39, 0.29) is 11.9 Å². The van der Waals surface area contributed by atoms with Crippen LogP contribution in [0.2, 0.25) is 0 Å². The van der Waals surface area contributed by atoms with E-state index in [1.165, 1.54) is 6.20 Å². The van der Waals surface area contributed by atoms with Gasteiger partial charge < -0.3 is 22.4 Å². The standard InChI is InChI=1S/C10H14BF3NO2/c1-8(3-4-16-2)17-10-5-9(6-15-7-10)11(12,13)14/h5-8H,3-4H2,1-2H3/q-1. The second-order valence-corrected chi connectivity index (χ2v) is 3.74. The number of aromatic nitrogens is 1. The first-order valence-corrected chi connectivity index (χ1v) is 5.24. The number of rotatable bonds is 6. The fourth-order valence-corrected chi connectivity index (χ4v) is 1.25. The molecule has 0 fully saturated rings. The number of pyridine rings is 1. The summed E-state index contributed by atoms with van der Waals surface area (Å²) in [4.78, 5) is 3.52. The Hall–Kier alpha value is -1.24. The summed E-state index contributed by atoms with van der Waals surface area (Å²) in [7, 11) is 1.56. The summed E-state index contributed by atoms with van der Waals surface area (Å²) in [5.74, 6) is 0.130. The third-order valence-electron chi connectivity index (χ3n) is 2.18. The Morgan fingerprint density at radius 2 is 2.06 bits per heavy atom. The molecule has 0 spiro atoms. The van der Waals surface area contributed by atoms with Crippen molar-refractivity contribution in [2.75, 3.05) is 13.7 Å². The third-order valence-corrected chi connectivity index (χ3v) is 2.18. The van der Waals surface area contributed by atoms with E-state index in [4.69, 9.17) is 9.47 Å². The molecule has 0 N–H and O–H groups in total. The van der Waals surface area contributed by atoms with Crippen molar-refractivity contribution in [3.63, 3.8) is 0 Å². The van der Waals surface area contributed by atoms with Crippen LogP contribution in [0.3, 0.4) is 0 Å². The van der Waals surface area contributed by atoms with Crippen LogP contribution in [0.1, 0.15) is 13.3 Å². The summed E-state index contributed by atoms with van der Waals surface area (Å²) in [5, 5.41) is 0. The van der Waals surface area contributed by atoms with Crippen molar-refractivity contribution < 1.29 is 22.4 Å². The third kappa shape index (κ3) is 4.64. The first-order valence-electron chi connectivity index (χ1n) is 5.24. The first kappa shape index (κ1) is 13.8. The number of hydrogen-bond acceptors (Lipinski definition) is 3. The summed E-state index contributed by atoms with van der Waals surface area (Å²) < 4.78 is 47.5. The Bertz CT molecular complexity index is 360. The summed E-state index contributed by atoms with van der Waals surface area (Å²) in [5.41, 5.74) is -0.749. The molecule has 1 aromatic rings. The average Bonchev–Trinajstić information content (AvgIpc) is 2.25. The Morgan fingerprint density at radius 1 is 1.35 bits per heavy atom. The van der Waals surface area contributed by atoms with Crippen molar-refractivity contribution in [1.29, 1.82) is 0 Å². The molecule has 0 aliphatic heterocycles. The molecule has 1 atom stereocenters. The lowest BCUT2D eigenvalue weighted by molar-refractivity contribution is 0.135. The molecular formula is C10H14BF3NO2-. The van der Waals surface area contributed by atoms with Gasteiger partial charge in [-0.3, -0.25) is 4.98 Å². The predicted octanol–water partition coefficient (Wildman–Crippen LogP) is 1.94. The van der Waals surface area contributed by atoms with Crippen LogP contribution in [0.5, 0.6) is 5.75 Å². The van der Waals surface area contributed by atoms with Crippen molar-refractivity contribution in [2.24, 2.45) is 0 Å². The van der Waals surface area contributed by atoms with E-state index in [0.717, 1.165) is 12.3 Å². The molecule has 0 saturated carbocycles. The number of nitrogens with zero attached hydrogens (tertiary/aromatic N) is 1. The lowest BCUT2D eigenvalue weighted by Crippen LogP contribution is -2.34. The Balaban J connectivity index is 2.66. The van der Waals surface area contributed by atoms with E-state index >= 15 is 0 Å². The Kier molecular flexibility index (Phi) is 4.80. The maximum Gasteiger partial charge on any atom is 0.511 e. The molecule has 17 heavy (non-hydrogen) atoms. The van der Waals surface area contributed by atoms with E-state index in [0.29, 0.717) is 13.0 Å². The van der Waals surface area contributed by atoms with Crippen LogP contribution in [0, 0.1) is 0 Å². The first-order chi connectivity index (χ1) is 7.93. The maximum absolute atomic E-state index is 12.5. The molecule has 0 aromatic carbocycles. The van der Waals surface area contributed by atoms with Gasteiger partial charge in [0.05, 0.1) is 12.3 Å². The molecule has 0 saturated heterocycles. The van der Waals surface area contributed by atoms with Crippen molar-refractivity contribution >= 4 is 12.4 Å². The fourth-order valence-electron chi connectivity index (χ4n) is 1.25. The van der Waals surface area contributed by atoms with E-state index in [1.807, 2.05) is 0 Å². The molecule has 7 heteroatoms. The Labute approximate surface area is 98.0 Å². The Morgan fingerprint density at radius 3 is 2.65 bits per heavy atom. The molecule has 96 valence electrons. The minimum absolute atomic E-state index is 0.130. The van der Waals surface area contributed by atoms with Gasteiger partial charge in [0.2, 0.25) is 0 Å². The lowest BCUT2D eigenvalue weighted by Gasteiger charge is -2.18. The van der Waals surface area contributed by atoms with Crippen molar-refractivity contribution in [3.8, 4) is 5.75 Å². The number of halogens is 3. The highest BCUT2D eigenvalue weighted by Crippen LogP contribution is 2.14. The molecule has 1 heterocycles. The highest BCUT2D eigenvalue weighted by molar-refractivity contribution is 6.73. The molecule has 0 bridgehead atoms. The topological polar surface area (TPSA) is 31.4 Å². The average molecular weight is 248 g/mol. The van der Waals surface area contributed by atoms with Crippen LogP contribution in [-0.4, -0.2) is 31.8 Å². The van der Waals surface area contributed by atoms with Crippen molar-refractivity contribution in [1.82, 2.24) is 4.98 Å². The summed E-state index contributed by atoms with van der Waals surface area (Å²) in [6.07, 6.45) is 2.46. The molecule has 3 nitrogen and oxygen atoms in total. The van der Waals surface area contributed by atoms with Gasteiger partial charge in [-0.25, -0.2) is 0 Å². The minimum atomic E-state index is -5.03. The highest BCUT2D eigenvalue weighted by Gasteiger charge is 2.26. The number of hydrogen-bond donors (Lipinski definition) is 0.